The molecule has 0 bridgehead atoms. The number of hydrogen-bond acceptors (Lipinski definition) is 10. The number of anilines is 2. The van der Waals surface area contributed by atoms with Gasteiger partial charge in [0.25, 0.3) is 17.7 Å². The summed E-state index contributed by atoms with van der Waals surface area (Å²) in [4.78, 5) is 55.3. The number of carbonyl (C=O) groups is 4. The summed E-state index contributed by atoms with van der Waals surface area (Å²) < 4.78 is 90.9. The fourth-order valence-corrected chi connectivity index (χ4v) is 6.88. The Labute approximate surface area is 346 Å². The third kappa shape index (κ3) is 9.81. The number of hydrogen-bond donors (Lipinski definition) is 4. The van der Waals surface area contributed by atoms with Crippen LogP contribution in [0.15, 0.2) is 73.1 Å². The van der Waals surface area contributed by atoms with E-state index in [2.05, 4.69) is 30.8 Å². The Bertz CT molecular complexity index is 2490. The van der Waals surface area contributed by atoms with Crippen LogP contribution >= 0.6 is 0 Å². The van der Waals surface area contributed by atoms with Gasteiger partial charge in [-0.15, -0.1) is 0 Å². The molecule has 324 valence electrons. The summed E-state index contributed by atoms with van der Waals surface area (Å²) in [5.41, 5.74) is 4.54. The quantitative estimate of drug-likeness (QED) is 0.120. The Morgan fingerprint density at radius 2 is 1.05 bits per heavy atom. The highest BCUT2D eigenvalue weighted by Gasteiger charge is 2.34. The summed E-state index contributed by atoms with van der Waals surface area (Å²) in [7, 11) is 0. The highest BCUT2D eigenvalue weighted by Crippen LogP contribution is 2.32. The van der Waals surface area contributed by atoms with Gasteiger partial charge in [-0.2, -0.15) is 36.5 Å². The number of ether oxygens (including phenoxy) is 2. The summed E-state index contributed by atoms with van der Waals surface area (Å²) >= 11 is 0. The van der Waals surface area contributed by atoms with Crippen molar-refractivity contribution in [3.63, 3.8) is 0 Å². The van der Waals surface area contributed by atoms with Crippen molar-refractivity contribution in [1.29, 1.82) is 0 Å². The molecular formula is C40H35F6N9O7. The predicted molar refractivity (Wildman–Crippen MR) is 206 cm³/mol. The van der Waals surface area contributed by atoms with Gasteiger partial charge in [0, 0.05) is 50.7 Å². The van der Waals surface area contributed by atoms with Crippen LogP contribution < -0.4 is 16.4 Å². The third-order valence-corrected chi connectivity index (χ3v) is 10.1. The van der Waals surface area contributed by atoms with E-state index in [-0.39, 0.29) is 34.3 Å². The summed E-state index contributed by atoms with van der Waals surface area (Å²) in [5, 5.41) is 23.3. The van der Waals surface area contributed by atoms with Gasteiger partial charge in [0.05, 0.1) is 39.4 Å². The minimum absolute atomic E-state index is 0.0329. The van der Waals surface area contributed by atoms with Crippen LogP contribution in [-0.2, 0) is 21.8 Å². The van der Waals surface area contributed by atoms with Crippen molar-refractivity contribution >= 4 is 46.1 Å². The molecule has 0 radical (unpaired) electrons. The predicted octanol–water partition coefficient (Wildman–Crippen LogP) is 6.59. The van der Waals surface area contributed by atoms with Crippen LogP contribution in [0.25, 0.3) is 11.0 Å². The summed E-state index contributed by atoms with van der Waals surface area (Å²) in [6.07, 6.45) is -3.54. The number of primary amides is 1. The van der Waals surface area contributed by atoms with Gasteiger partial charge < -0.3 is 30.9 Å². The summed E-state index contributed by atoms with van der Waals surface area (Å²) in [6.45, 7) is 2.50. The number of pyridine rings is 4. The molecule has 3 amide bonds. The first-order chi connectivity index (χ1) is 29.4. The molecule has 6 aromatic heterocycles. The average molecular weight is 868 g/mol. The Hall–Kier alpha value is -6.94. The maximum Gasteiger partial charge on any atom is 0.433 e. The Morgan fingerprint density at radius 3 is 1.44 bits per heavy atom. The number of nitrogens with two attached hydrogens (primary N) is 1. The topological polar surface area (TPSA) is 217 Å². The van der Waals surface area contributed by atoms with Gasteiger partial charge in [0.15, 0.2) is 0 Å². The number of alkyl halides is 6. The number of rotatable bonds is 8. The molecule has 0 atom stereocenters. The number of aromatic nitrogens is 6. The second-order valence-corrected chi connectivity index (χ2v) is 14.2. The normalized spacial score (nSPS) is 15.2. The van der Waals surface area contributed by atoms with Crippen LogP contribution in [0.5, 0.6) is 0 Å². The lowest BCUT2D eigenvalue weighted by Gasteiger charge is -2.19. The second-order valence-electron chi connectivity index (χ2n) is 14.2. The number of carbonyl (C=O) groups excluding carboxylic acids is 3. The standard InChI is InChI=1S/C20H18F3N5O3.C20H17F3N4O4/c21-20(22,23)17-3-1-2-14(25-17)19(30)26-16-9-12-8-15(11-4-6-31-7-5-11)27-28(12)10-13(16)18(24)29;21-20(22,23)17-3-1-2-14(24-17)18(28)25-16-9-12-8-15(11-4-6-31-7-5-11)26-27(12)10-13(16)19(29)30/h1-3,8-11H,4-7H2,(H2,24,29)(H,26,30);1-3,8-11H,4-7H2,(H,25,28)(H,29,30). The number of nitrogens with one attached hydrogen (secondary N) is 2. The lowest BCUT2D eigenvalue weighted by Crippen LogP contribution is -2.21. The Morgan fingerprint density at radius 1 is 0.645 bits per heavy atom. The van der Waals surface area contributed by atoms with Gasteiger partial charge in [0.1, 0.15) is 28.3 Å². The number of amides is 3. The third-order valence-electron chi connectivity index (χ3n) is 10.1. The number of halogens is 6. The first kappa shape index (κ1) is 43.2. The van der Waals surface area contributed by atoms with Gasteiger partial charge in [-0.1, -0.05) is 12.1 Å². The zero-order chi connectivity index (χ0) is 44.3. The number of carboxylic acids is 1. The van der Waals surface area contributed by atoms with Crippen LogP contribution in [0.1, 0.15) is 102 Å². The molecule has 5 N–H and O–H groups in total. The van der Waals surface area contributed by atoms with Gasteiger partial charge in [0.2, 0.25) is 0 Å². The molecule has 2 saturated heterocycles. The van der Waals surface area contributed by atoms with Crippen LogP contribution in [0.4, 0.5) is 37.7 Å². The summed E-state index contributed by atoms with van der Waals surface area (Å²) in [5.74, 6) is -3.62. The molecule has 62 heavy (non-hydrogen) atoms. The Kier molecular flexibility index (Phi) is 12.2. The molecule has 2 aliphatic heterocycles. The minimum Gasteiger partial charge on any atom is -0.478 e. The molecule has 8 heterocycles. The van der Waals surface area contributed by atoms with Gasteiger partial charge >= 0.3 is 18.3 Å². The lowest BCUT2D eigenvalue weighted by atomic mass is 9.97. The Balaban J connectivity index is 0.000000186. The van der Waals surface area contributed by atoms with Crippen molar-refractivity contribution in [2.75, 3.05) is 37.1 Å². The van der Waals surface area contributed by atoms with E-state index < -0.39 is 58.8 Å². The monoisotopic (exact) mass is 867 g/mol. The second kappa shape index (κ2) is 17.6. The van der Waals surface area contributed by atoms with E-state index in [1.54, 1.807) is 6.07 Å². The molecule has 0 saturated carbocycles. The van der Waals surface area contributed by atoms with Crippen molar-refractivity contribution in [2.24, 2.45) is 5.73 Å². The molecule has 22 heteroatoms. The molecule has 8 rings (SSSR count). The van der Waals surface area contributed by atoms with Crippen LogP contribution in [0.2, 0.25) is 0 Å². The van der Waals surface area contributed by atoms with Crippen LogP contribution in [0.3, 0.4) is 0 Å². The molecule has 2 aliphatic rings. The molecule has 6 aromatic rings. The van der Waals surface area contributed by atoms with E-state index in [9.17, 15) is 50.6 Å². The van der Waals surface area contributed by atoms with E-state index in [0.29, 0.717) is 37.5 Å². The number of carboxylic acid groups (broad SMARTS) is 1. The van der Waals surface area contributed by atoms with E-state index in [4.69, 9.17) is 15.2 Å². The summed E-state index contributed by atoms with van der Waals surface area (Å²) in [6, 6.07) is 12.5. The smallest absolute Gasteiger partial charge is 0.433 e. The van der Waals surface area contributed by atoms with Crippen LogP contribution in [0, 0.1) is 0 Å². The van der Waals surface area contributed by atoms with Crippen molar-refractivity contribution < 1.29 is 60.1 Å². The van der Waals surface area contributed by atoms with Crippen molar-refractivity contribution in [1.82, 2.24) is 29.2 Å². The van der Waals surface area contributed by atoms with Crippen molar-refractivity contribution in [3.8, 4) is 0 Å². The molecular weight excluding hydrogens is 832 g/mol. The van der Waals surface area contributed by atoms with Crippen molar-refractivity contribution in [2.45, 2.75) is 49.9 Å². The number of nitrogens with zero attached hydrogens (tertiary/aromatic N) is 6. The van der Waals surface area contributed by atoms with Gasteiger partial charge in [-0.3, -0.25) is 14.4 Å². The highest BCUT2D eigenvalue weighted by atomic mass is 19.4. The highest BCUT2D eigenvalue weighted by molar-refractivity contribution is 6.09. The van der Waals surface area contributed by atoms with E-state index >= 15 is 0 Å². The lowest BCUT2D eigenvalue weighted by molar-refractivity contribution is -0.142. The maximum atomic E-state index is 12.9. The number of fused-ring (bicyclic) bond motifs is 2. The molecule has 0 aromatic carbocycles. The fourth-order valence-electron chi connectivity index (χ4n) is 6.88. The molecule has 0 unspecified atom stereocenters. The fraction of sp³-hybridized carbons (Fsp3) is 0.300. The van der Waals surface area contributed by atoms with Crippen LogP contribution in [-0.4, -0.2) is 84.4 Å². The zero-order valence-electron chi connectivity index (χ0n) is 32.2. The van der Waals surface area contributed by atoms with Gasteiger partial charge in [-0.05, 0) is 74.2 Å². The maximum absolute atomic E-state index is 12.9. The van der Waals surface area contributed by atoms with E-state index in [1.807, 2.05) is 6.07 Å². The first-order valence-corrected chi connectivity index (χ1v) is 18.9. The molecule has 2 fully saturated rings. The average Bonchev–Trinajstić information content (AvgIpc) is 3.87. The largest absolute Gasteiger partial charge is 0.478 e. The van der Waals surface area contributed by atoms with Gasteiger partial charge in [-0.25, -0.2) is 23.8 Å². The number of aromatic carboxylic acids is 1. The molecule has 0 aliphatic carbocycles. The van der Waals surface area contributed by atoms with E-state index in [0.717, 1.165) is 73.5 Å². The first-order valence-electron chi connectivity index (χ1n) is 18.9. The zero-order valence-corrected chi connectivity index (χ0v) is 32.2. The SMILES string of the molecule is NC(=O)c1cn2nc(C3CCOCC3)cc2cc1NC(=O)c1cccc(C(F)(F)F)n1.O=C(Nc1cc2cc(C3CCOCC3)nn2cc1C(=O)O)c1cccc(C(F)(F)F)n1. The van der Waals surface area contributed by atoms with E-state index in [1.165, 1.54) is 33.6 Å². The van der Waals surface area contributed by atoms with Crippen molar-refractivity contribution in [3.05, 3.63) is 118 Å². The molecule has 16 nitrogen and oxygen atoms in total. The molecule has 0 spiro atoms. The minimum atomic E-state index is -4.71.